The zero-order valence-corrected chi connectivity index (χ0v) is 7.45. The molecular formula is C10H14O2. The summed E-state index contributed by atoms with van der Waals surface area (Å²) in [6.45, 7) is 3.60. The summed E-state index contributed by atoms with van der Waals surface area (Å²) < 4.78 is 0. The summed E-state index contributed by atoms with van der Waals surface area (Å²) in [5, 5.41) is 9.82. The van der Waals surface area contributed by atoms with E-state index in [0.29, 0.717) is 6.42 Å². The normalized spacial score (nSPS) is 28.0. The van der Waals surface area contributed by atoms with Crippen LogP contribution in [0.1, 0.15) is 20.3 Å². The second-order valence-corrected chi connectivity index (χ2v) is 3.43. The van der Waals surface area contributed by atoms with E-state index in [-0.39, 0.29) is 11.7 Å². The van der Waals surface area contributed by atoms with Gasteiger partial charge in [-0.3, -0.25) is 4.79 Å². The third kappa shape index (κ3) is 1.64. The van der Waals surface area contributed by atoms with Crippen molar-refractivity contribution in [1.82, 2.24) is 0 Å². The molecule has 1 rings (SSSR count). The largest absolute Gasteiger partial charge is 0.378 e. The molecule has 0 bridgehead atoms. The van der Waals surface area contributed by atoms with Crippen molar-refractivity contribution in [3.05, 3.63) is 24.3 Å². The van der Waals surface area contributed by atoms with Crippen molar-refractivity contribution in [3.8, 4) is 0 Å². The summed E-state index contributed by atoms with van der Waals surface area (Å²) in [5.74, 6) is -0.228. The van der Waals surface area contributed by atoms with Crippen LogP contribution in [-0.2, 0) is 4.79 Å². The molecule has 0 saturated heterocycles. The van der Waals surface area contributed by atoms with Crippen LogP contribution in [0.3, 0.4) is 0 Å². The van der Waals surface area contributed by atoms with Crippen molar-refractivity contribution in [1.29, 1.82) is 0 Å². The van der Waals surface area contributed by atoms with Crippen LogP contribution >= 0.6 is 0 Å². The molecule has 1 atom stereocenters. The fourth-order valence-electron chi connectivity index (χ4n) is 1.29. The molecule has 0 aromatic rings. The van der Waals surface area contributed by atoms with Gasteiger partial charge in [-0.2, -0.15) is 0 Å². The van der Waals surface area contributed by atoms with Crippen LogP contribution in [0.15, 0.2) is 24.3 Å². The molecule has 0 spiro atoms. The third-order valence-electron chi connectivity index (χ3n) is 2.00. The maximum absolute atomic E-state index is 11.5. The first-order valence-corrected chi connectivity index (χ1v) is 4.17. The zero-order valence-electron chi connectivity index (χ0n) is 7.45. The van der Waals surface area contributed by atoms with E-state index in [1.807, 2.05) is 6.08 Å². The van der Waals surface area contributed by atoms with Gasteiger partial charge >= 0.3 is 0 Å². The van der Waals surface area contributed by atoms with Gasteiger partial charge in [-0.15, -0.1) is 0 Å². The number of allylic oxidation sites excluding steroid dienone is 2. The molecule has 0 radical (unpaired) electrons. The first-order valence-electron chi connectivity index (χ1n) is 4.17. The lowest BCUT2D eigenvalue weighted by Crippen LogP contribution is -2.39. The highest BCUT2D eigenvalue weighted by atomic mass is 16.3. The predicted octanol–water partition coefficient (Wildman–Crippen LogP) is 1.46. The van der Waals surface area contributed by atoms with Gasteiger partial charge in [0, 0.05) is 12.3 Å². The Balaban J connectivity index is 2.79. The highest BCUT2D eigenvalue weighted by Crippen LogP contribution is 2.21. The van der Waals surface area contributed by atoms with E-state index < -0.39 is 5.60 Å². The molecule has 0 aromatic carbocycles. The first-order chi connectivity index (χ1) is 5.56. The highest BCUT2D eigenvalue weighted by Gasteiger charge is 2.33. The van der Waals surface area contributed by atoms with E-state index in [1.54, 1.807) is 32.1 Å². The second kappa shape index (κ2) is 3.23. The molecule has 12 heavy (non-hydrogen) atoms. The van der Waals surface area contributed by atoms with Crippen LogP contribution in [0.4, 0.5) is 0 Å². The van der Waals surface area contributed by atoms with Gasteiger partial charge in [-0.25, -0.2) is 0 Å². The lowest BCUT2D eigenvalue weighted by molar-refractivity contribution is -0.135. The number of carbonyl (C=O) groups excluding carboxylic acids is 1. The molecule has 0 heterocycles. The lowest BCUT2D eigenvalue weighted by atomic mass is 9.85. The molecule has 2 heteroatoms. The molecule has 0 fully saturated rings. The number of hydrogen-bond donors (Lipinski definition) is 1. The summed E-state index contributed by atoms with van der Waals surface area (Å²) in [5.41, 5.74) is -1.25. The summed E-state index contributed by atoms with van der Waals surface area (Å²) in [6, 6.07) is 0. The van der Waals surface area contributed by atoms with E-state index in [1.165, 1.54) is 0 Å². The molecule has 0 aromatic heterocycles. The Labute approximate surface area is 72.6 Å². The van der Waals surface area contributed by atoms with E-state index in [2.05, 4.69) is 0 Å². The second-order valence-electron chi connectivity index (χ2n) is 3.43. The van der Waals surface area contributed by atoms with Gasteiger partial charge in [-0.1, -0.05) is 32.1 Å². The van der Waals surface area contributed by atoms with Crippen LogP contribution in [-0.4, -0.2) is 16.5 Å². The number of aliphatic hydroxyl groups is 1. The molecule has 1 N–H and O–H groups in total. The predicted molar refractivity (Wildman–Crippen MR) is 47.7 cm³/mol. The van der Waals surface area contributed by atoms with Crippen LogP contribution in [0.5, 0.6) is 0 Å². The van der Waals surface area contributed by atoms with Crippen LogP contribution in [0.2, 0.25) is 0 Å². The molecule has 1 aliphatic carbocycles. The Kier molecular flexibility index (Phi) is 2.48. The fraction of sp³-hybridized carbons (Fsp3) is 0.500. The van der Waals surface area contributed by atoms with Gasteiger partial charge in [-0.05, 0) is 6.08 Å². The highest BCUT2D eigenvalue weighted by molar-refractivity contribution is 5.91. The summed E-state index contributed by atoms with van der Waals surface area (Å²) >= 11 is 0. The molecule has 0 saturated carbocycles. The number of rotatable bonds is 2. The van der Waals surface area contributed by atoms with Crippen molar-refractivity contribution in [2.75, 3.05) is 0 Å². The summed E-state index contributed by atoms with van der Waals surface area (Å²) in [4.78, 5) is 11.5. The number of hydrogen-bond acceptors (Lipinski definition) is 2. The minimum absolute atomic E-state index is 0.108. The van der Waals surface area contributed by atoms with E-state index in [9.17, 15) is 9.90 Å². The standard InChI is InChI=1S/C10H14O2/c1-8(2)9(11)10(12)6-4-3-5-7-10/h3-6,8,12H,7H2,1-2H3. The minimum atomic E-state index is -1.25. The summed E-state index contributed by atoms with van der Waals surface area (Å²) in [6.07, 6.45) is 7.32. The number of Topliss-reactive ketones (excluding diaryl/α,β-unsaturated/α-hetero) is 1. The van der Waals surface area contributed by atoms with E-state index in [4.69, 9.17) is 0 Å². The summed E-state index contributed by atoms with van der Waals surface area (Å²) in [7, 11) is 0. The SMILES string of the molecule is CC(C)C(=O)C1(O)C=CC=CC1. The Bertz CT molecular complexity index is 238. The van der Waals surface area contributed by atoms with Gasteiger partial charge in [0.25, 0.3) is 0 Å². The van der Waals surface area contributed by atoms with Gasteiger partial charge < -0.3 is 5.11 Å². The van der Waals surface area contributed by atoms with Crippen LogP contribution < -0.4 is 0 Å². The maximum Gasteiger partial charge on any atom is 0.171 e. The van der Waals surface area contributed by atoms with Crippen molar-refractivity contribution in [3.63, 3.8) is 0 Å². The average molecular weight is 166 g/mol. The van der Waals surface area contributed by atoms with E-state index >= 15 is 0 Å². The molecular weight excluding hydrogens is 152 g/mol. The molecule has 2 nitrogen and oxygen atoms in total. The maximum atomic E-state index is 11.5. The Morgan fingerprint density at radius 2 is 2.17 bits per heavy atom. The molecule has 66 valence electrons. The smallest absolute Gasteiger partial charge is 0.171 e. The van der Waals surface area contributed by atoms with Crippen molar-refractivity contribution in [2.45, 2.75) is 25.9 Å². The topological polar surface area (TPSA) is 37.3 Å². The number of carbonyl (C=O) groups is 1. The van der Waals surface area contributed by atoms with Crippen LogP contribution in [0, 0.1) is 5.92 Å². The lowest BCUT2D eigenvalue weighted by Gasteiger charge is -2.25. The quantitative estimate of drug-likeness (QED) is 0.674. The average Bonchev–Trinajstić information content (AvgIpc) is 2.04. The van der Waals surface area contributed by atoms with Gasteiger partial charge in [0.1, 0.15) is 5.60 Å². The van der Waals surface area contributed by atoms with Gasteiger partial charge in [0.15, 0.2) is 5.78 Å². The monoisotopic (exact) mass is 166 g/mol. The molecule has 1 unspecified atom stereocenters. The first kappa shape index (κ1) is 9.20. The van der Waals surface area contributed by atoms with Crippen molar-refractivity contribution in [2.24, 2.45) is 5.92 Å². The fourth-order valence-corrected chi connectivity index (χ4v) is 1.29. The zero-order chi connectivity index (χ0) is 9.19. The minimum Gasteiger partial charge on any atom is -0.378 e. The Hall–Kier alpha value is -0.890. The molecule has 0 amide bonds. The number of ketones is 1. The van der Waals surface area contributed by atoms with Crippen molar-refractivity contribution < 1.29 is 9.90 Å². The van der Waals surface area contributed by atoms with Gasteiger partial charge in [0.05, 0.1) is 0 Å². The Morgan fingerprint density at radius 1 is 1.50 bits per heavy atom. The van der Waals surface area contributed by atoms with E-state index in [0.717, 1.165) is 0 Å². The van der Waals surface area contributed by atoms with Crippen molar-refractivity contribution >= 4 is 5.78 Å². The third-order valence-corrected chi connectivity index (χ3v) is 2.00. The van der Waals surface area contributed by atoms with Crippen LogP contribution in [0.25, 0.3) is 0 Å². The molecule has 1 aliphatic rings. The van der Waals surface area contributed by atoms with Gasteiger partial charge in [0.2, 0.25) is 0 Å². The molecule has 0 aliphatic heterocycles. The Morgan fingerprint density at radius 3 is 2.58 bits per heavy atom.